The van der Waals surface area contributed by atoms with Gasteiger partial charge in [-0.1, -0.05) is 94.4 Å². The number of carbonyl (C=O) groups excluding carboxylic acids is 4. The Kier molecular flexibility index (Phi) is 13.6. The first-order valence-corrected chi connectivity index (χ1v) is 22.9. The van der Waals surface area contributed by atoms with Crippen LogP contribution in [0.4, 0.5) is 15.3 Å². The quantitative estimate of drug-likeness (QED) is 0.0901. The number of nitrogens with one attached hydrogen (secondary N) is 4. The van der Waals surface area contributed by atoms with Crippen molar-refractivity contribution < 1.29 is 28.7 Å². The van der Waals surface area contributed by atoms with Crippen molar-refractivity contribution in [1.82, 2.24) is 40.4 Å². The Balaban J connectivity index is 0.964. The number of aromatic amines is 2. The number of nitrogens with zero attached hydrogens (tertiary/aromatic N) is 5. The number of hydrogen-bond acceptors (Lipinski definition) is 9. The molecule has 3 aliphatic heterocycles. The summed E-state index contributed by atoms with van der Waals surface area (Å²) in [5.74, 6) is 0.995. The second-order valence-electron chi connectivity index (χ2n) is 18.1. The largest absolute Gasteiger partial charge is 0.453 e. The van der Waals surface area contributed by atoms with Crippen molar-refractivity contribution in [3.63, 3.8) is 0 Å². The van der Waals surface area contributed by atoms with Crippen LogP contribution in [0.2, 0.25) is 0 Å². The molecule has 15 heteroatoms. The SMILES string of the molecule is COC(=O)N[C@H](C(=O)N1CCC[C@H]1c1ncc(-c2ccc([C@H]3CC[C@@H](c4ccc(-c5cnc([C@@H]6CCCN6C(=O)[C@@H](NC(=O)OC)C(C)C)[nH]5)cc4)N3c3ccccc3)cc2)[nH]1)C(C)C. The Morgan fingerprint density at radius 1 is 0.585 bits per heavy atom. The molecular weight excluding hydrogens is 823 g/mol. The topological polar surface area (TPSA) is 178 Å². The van der Waals surface area contributed by atoms with Gasteiger partial charge in [0, 0.05) is 18.8 Å². The zero-order valence-corrected chi connectivity index (χ0v) is 38.1. The maximum absolute atomic E-state index is 13.7. The number of likely N-dealkylation sites (tertiary alicyclic amines) is 2. The predicted octanol–water partition coefficient (Wildman–Crippen LogP) is 8.64. The van der Waals surface area contributed by atoms with Gasteiger partial charge in [0.15, 0.2) is 0 Å². The van der Waals surface area contributed by atoms with Gasteiger partial charge in [0.25, 0.3) is 0 Å². The third kappa shape index (κ3) is 9.45. The molecule has 0 saturated carbocycles. The first-order valence-electron chi connectivity index (χ1n) is 22.9. The fourth-order valence-electron chi connectivity index (χ4n) is 9.89. The maximum atomic E-state index is 13.7. The second-order valence-corrected chi connectivity index (χ2v) is 18.1. The lowest BCUT2D eigenvalue weighted by atomic mass is 10.0. The van der Waals surface area contributed by atoms with Gasteiger partial charge in [-0.15, -0.1) is 0 Å². The van der Waals surface area contributed by atoms with Gasteiger partial charge >= 0.3 is 12.2 Å². The molecule has 3 aromatic carbocycles. The van der Waals surface area contributed by atoms with E-state index in [1.54, 1.807) is 0 Å². The molecule has 3 aliphatic rings. The number of benzene rings is 3. The van der Waals surface area contributed by atoms with E-state index in [0.29, 0.717) is 13.1 Å². The third-order valence-corrected chi connectivity index (χ3v) is 13.3. The van der Waals surface area contributed by atoms with Gasteiger partial charge < -0.3 is 44.8 Å². The van der Waals surface area contributed by atoms with E-state index in [2.05, 4.69) is 104 Å². The van der Waals surface area contributed by atoms with E-state index >= 15 is 0 Å². The van der Waals surface area contributed by atoms with Crippen molar-refractivity contribution >= 4 is 29.7 Å². The average molecular weight is 884 g/mol. The molecule has 2 aromatic heterocycles. The van der Waals surface area contributed by atoms with Crippen molar-refractivity contribution in [2.24, 2.45) is 11.8 Å². The summed E-state index contributed by atoms with van der Waals surface area (Å²) in [6.45, 7) is 8.84. The van der Waals surface area contributed by atoms with E-state index in [0.717, 1.165) is 72.7 Å². The molecule has 4 amide bonds. The van der Waals surface area contributed by atoms with Crippen molar-refractivity contribution in [2.45, 2.75) is 102 Å². The summed E-state index contributed by atoms with van der Waals surface area (Å²) in [4.78, 5) is 74.2. The first kappa shape index (κ1) is 44.9. The van der Waals surface area contributed by atoms with Crippen LogP contribution < -0.4 is 15.5 Å². The van der Waals surface area contributed by atoms with Crippen LogP contribution in [0.15, 0.2) is 91.3 Å². The number of para-hydroxylation sites is 1. The third-order valence-electron chi connectivity index (χ3n) is 13.3. The highest BCUT2D eigenvalue weighted by atomic mass is 16.5. The highest BCUT2D eigenvalue weighted by Gasteiger charge is 2.40. The van der Waals surface area contributed by atoms with Gasteiger partial charge in [0.05, 0.1) is 62.2 Å². The molecule has 0 aliphatic carbocycles. The van der Waals surface area contributed by atoms with E-state index in [1.807, 2.05) is 49.9 Å². The molecule has 0 radical (unpaired) electrons. The number of carbonyl (C=O) groups is 4. The van der Waals surface area contributed by atoms with E-state index in [9.17, 15) is 19.2 Å². The summed E-state index contributed by atoms with van der Waals surface area (Å²) in [6.07, 6.45) is 7.68. The van der Waals surface area contributed by atoms with Crippen LogP contribution in [-0.4, -0.2) is 93.1 Å². The van der Waals surface area contributed by atoms with E-state index in [-0.39, 0.29) is 47.8 Å². The minimum atomic E-state index is -0.691. The molecule has 5 heterocycles. The number of amides is 4. The fourth-order valence-corrected chi connectivity index (χ4v) is 9.89. The highest BCUT2D eigenvalue weighted by Crippen LogP contribution is 2.47. The molecule has 0 bridgehead atoms. The van der Waals surface area contributed by atoms with Gasteiger partial charge in [0.1, 0.15) is 23.7 Å². The van der Waals surface area contributed by atoms with Crippen LogP contribution in [0.5, 0.6) is 0 Å². The number of rotatable bonds is 13. The summed E-state index contributed by atoms with van der Waals surface area (Å²) >= 11 is 0. The minimum Gasteiger partial charge on any atom is -0.453 e. The second kappa shape index (κ2) is 19.6. The molecule has 342 valence electrons. The molecule has 0 unspecified atom stereocenters. The Morgan fingerprint density at radius 3 is 1.38 bits per heavy atom. The fraction of sp³-hybridized carbons (Fsp3) is 0.440. The highest BCUT2D eigenvalue weighted by molar-refractivity contribution is 5.87. The zero-order chi connectivity index (χ0) is 45.8. The average Bonchev–Trinajstić information content (AvgIpc) is 4.19. The lowest BCUT2D eigenvalue weighted by Gasteiger charge is -2.33. The van der Waals surface area contributed by atoms with Crippen LogP contribution in [-0.2, 0) is 19.1 Å². The smallest absolute Gasteiger partial charge is 0.407 e. The Morgan fingerprint density at radius 2 is 1.00 bits per heavy atom. The van der Waals surface area contributed by atoms with Crippen molar-refractivity contribution in [1.29, 1.82) is 0 Å². The molecule has 4 N–H and O–H groups in total. The lowest BCUT2D eigenvalue weighted by molar-refractivity contribution is -0.136. The minimum absolute atomic E-state index is 0.108. The maximum Gasteiger partial charge on any atom is 0.407 e. The normalized spacial score (nSPS) is 20.6. The predicted molar refractivity (Wildman–Crippen MR) is 247 cm³/mol. The van der Waals surface area contributed by atoms with Crippen LogP contribution >= 0.6 is 0 Å². The van der Waals surface area contributed by atoms with Gasteiger partial charge in [-0.3, -0.25) is 9.59 Å². The van der Waals surface area contributed by atoms with Gasteiger partial charge in [-0.25, -0.2) is 19.6 Å². The molecule has 3 saturated heterocycles. The number of anilines is 1. The van der Waals surface area contributed by atoms with Gasteiger partial charge in [-0.05, 0) is 84.7 Å². The van der Waals surface area contributed by atoms with E-state index in [1.165, 1.54) is 31.0 Å². The van der Waals surface area contributed by atoms with Crippen molar-refractivity contribution in [2.75, 3.05) is 32.2 Å². The van der Waals surface area contributed by atoms with Crippen LogP contribution in [0.1, 0.15) is 113 Å². The van der Waals surface area contributed by atoms with Crippen molar-refractivity contribution in [3.05, 3.63) is 114 Å². The number of ether oxygens (including phenoxy) is 2. The standard InChI is InChI=1S/C50H61N9O6/c1-30(2)43(55-49(62)64-5)47(60)57-26-10-14-41(57)45-51-28-37(53-45)32-16-20-34(21-17-32)39-24-25-40(59(39)36-12-8-7-9-13-36)35-22-18-33(19-23-35)38-29-52-46(54-38)42-15-11-27-58(42)48(61)44(31(3)4)56-50(63)65-6/h7-9,12-13,16-23,28-31,39-44H,10-11,14-15,24-27H2,1-6H3,(H,51,53)(H,52,54)(H,55,62)(H,56,63)/t39-,40+,41-,42-,43-,44-/m0/s1. The summed E-state index contributed by atoms with van der Waals surface area (Å²) in [6, 6.07) is 26.6. The van der Waals surface area contributed by atoms with Crippen LogP contribution in [0, 0.1) is 11.8 Å². The Bertz CT molecular complexity index is 2280. The number of imidazole rings is 2. The van der Waals surface area contributed by atoms with Gasteiger partial charge in [0.2, 0.25) is 11.8 Å². The Labute approximate surface area is 380 Å². The number of alkyl carbamates (subject to hydrolysis) is 2. The molecule has 3 fully saturated rings. The lowest BCUT2D eigenvalue weighted by Crippen LogP contribution is -2.51. The molecular formula is C50H61N9O6. The number of aromatic nitrogens is 4. The summed E-state index contributed by atoms with van der Waals surface area (Å²) in [5.41, 5.74) is 7.41. The molecule has 5 aromatic rings. The monoisotopic (exact) mass is 883 g/mol. The van der Waals surface area contributed by atoms with E-state index in [4.69, 9.17) is 19.4 Å². The molecule has 0 spiro atoms. The summed E-state index contributed by atoms with van der Waals surface area (Å²) < 4.78 is 9.59. The van der Waals surface area contributed by atoms with Crippen molar-refractivity contribution in [3.8, 4) is 22.5 Å². The molecule has 6 atom stereocenters. The molecule has 65 heavy (non-hydrogen) atoms. The number of H-pyrrole nitrogens is 2. The van der Waals surface area contributed by atoms with Crippen LogP contribution in [0.3, 0.4) is 0 Å². The molecule has 8 rings (SSSR count). The first-order chi connectivity index (χ1) is 31.4. The summed E-state index contributed by atoms with van der Waals surface area (Å²) in [7, 11) is 2.60. The van der Waals surface area contributed by atoms with Crippen LogP contribution in [0.25, 0.3) is 22.5 Å². The van der Waals surface area contributed by atoms with Gasteiger partial charge in [-0.2, -0.15) is 0 Å². The zero-order valence-electron chi connectivity index (χ0n) is 38.1. The summed E-state index contributed by atoms with van der Waals surface area (Å²) in [5, 5.41) is 5.44. The molecule has 15 nitrogen and oxygen atoms in total. The number of hydrogen-bond donors (Lipinski definition) is 4. The number of methoxy groups -OCH3 is 2. The van der Waals surface area contributed by atoms with E-state index < -0.39 is 24.3 Å². The Hall–Kier alpha value is -6.64.